The third-order valence-corrected chi connectivity index (χ3v) is 2.29. The van der Waals surface area contributed by atoms with Crippen molar-refractivity contribution in [2.24, 2.45) is 5.73 Å². The molecule has 0 atom stereocenters. The number of amides is 2. The fourth-order valence-electron chi connectivity index (χ4n) is 0.765. The molecule has 70 valence electrons. The zero-order valence-electron chi connectivity index (χ0n) is 6.61. The van der Waals surface area contributed by atoms with Crippen LogP contribution in [0.5, 0.6) is 0 Å². The van der Waals surface area contributed by atoms with E-state index in [1.807, 2.05) is 0 Å². The van der Waals surface area contributed by atoms with E-state index in [1.54, 1.807) is 11.4 Å². The summed E-state index contributed by atoms with van der Waals surface area (Å²) in [6.07, 6.45) is -1.09. The van der Waals surface area contributed by atoms with Gasteiger partial charge in [0.2, 0.25) is 5.91 Å². The second kappa shape index (κ2) is 3.90. The van der Waals surface area contributed by atoms with Crippen molar-refractivity contribution in [1.29, 1.82) is 0 Å². The van der Waals surface area contributed by atoms with Gasteiger partial charge in [-0.25, -0.2) is 4.79 Å². The minimum Gasteiger partial charge on any atom is -0.465 e. The van der Waals surface area contributed by atoms with Crippen molar-refractivity contribution in [3.63, 3.8) is 0 Å². The van der Waals surface area contributed by atoms with Gasteiger partial charge in [-0.05, 0) is 6.07 Å². The normalized spacial score (nSPS) is 9.54. The van der Waals surface area contributed by atoms with Gasteiger partial charge in [0.1, 0.15) is 0 Å². The Labute approximate surface area is 78.2 Å². The molecule has 0 spiro atoms. The van der Waals surface area contributed by atoms with Crippen molar-refractivity contribution >= 4 is 23.3 Å². The number of primary amides is 1. The van der Waals surface area contributed by atoms with Crippen LogP contribution in [0.4, 0.5) is 4.79 Å². The van der Waals surface area contributed by atoms with Gasteiger partial charge in [-0.2, -0.15) is 0 Å². The van der Waals surface area contributed by atoms with E-state index in [4.69, 9.17) is 10.8 Å². The van der Waals surface area contributed by atoms with Crippen molar-refractivity contribution in [1.82, 2.24) is 5.32 Å². The SMILES string of the molecule is NC(=O)c1csc(CNC(=O)O)c1. The Morgan fingerprint density at radius 2 is 2.31 bits per heavy atom. The lowest BCUT2D eigenvalue weighted by molar-refractivity contribution is 0.100. The van der Waals surface area contributed by atoms with Crippen molar-refractivity contribution in [2.45, 2.75) is 6.54 Å². The van der Waals surface area contributed by atoms with Gasteiger partial charge in [0.15, 0.2) is 0 Å². The summed E-state index contributed by atoms with van der Waals surface area (Å²) in [5.41, 5.74) is 5.42. The van der Waals surface area contributed by atoms with Crippen LogP contribution in [0.1, 0.15) is 15.2 Å². The summed E-state index contributed by atoms with van der Waals surface area (Å²) < 4.78 is 0. The zero-order valence-corrected chi connectivity index (χ0v) is 7.43. The summed E-state index contributed by atoms with van der Waals surface area (Å²) in [6.45, 7) is 0.202. The number of hydrogen-bond donors (Lipinski definition) is 3. The van der Waals surface area contributed by atoms with Crippen molar-refractivity contribution in [2.75, 3.05) is 0 Å². The highest BCUT2D eigenvalue weighted by molar-refractivity contribution is 7.10. The molecule has 13 heavy (non-hydrogen) atoms. The molecule has 0 aliphatic heterocycles. The minimum absolute atomic E-state index is 0.202. The van der Waals surface area contributed by atoms with Gasteiger partial charge in [0.25, 0.3) is 0 Å². The molecule has 0 unspecified atom stereocenters. The molecule has 0 aliphatic rings. The van der Waals surface area contributed by atoms with E-state index in [0.29, 0.717) is 5.56 Å². The Balaban J connectivity index is 2.59. The van der Waals surface area contributed by atoms with Gasteiger partial charge in [0, 0.05) is 10.3 Å². The first-order valence-electron chi connectivity index (χ1n) is 3.43. The van der Waals surface area contributed by atoms with E-state index in [1.165, 1.54) is 11.3 Å². The number of carbonyl (C=O) groups is 2. The zero-order chi connectivity index (χ0) is 9.84. The number of thiophene rings is 1. The topological polar surface area (TPSA) is 92.4 Å². The van der Waals surface area contributed by atoms with Crippen molar-refractivity contribution < 1.29 is 14.7 Å². The van der Waals surface area contributed by atoms with Gasteiger partial charge in [-0.1, -0.05) is 0 Å². The van der Waals surface area contributed by atoms with E-state index in [9.17, 15) is 9.59 Å². The Bertz CT molecular complexity index is 334. The van der Waals surface area contributed by atoms with Gasteiger partial charge in [-0.3, -0.25) is 4.79 Å². The number of hydrogen-bond acceptors (Lipinski definition) is 3. The molecule has 0 aromatic carbocycles. The number of nitrogens with two attached hydrogens (primary N) is 1. The third kappa shape index (κ3) is 2.75. The molecule has 2 amide bonds. The van der Waals surface area contributed by atoms with Crippen LogP contribution in [-0.2, 0) is 6.54 Å². The largest absolute Gasteiger partial charge is 0.465 e. The van der Waals surface area contributed by atoms with Crippen LogP contribution < -0.4 is 11.1 Å². The molecule has 0 saturated heterocycles. The third-order valence-electron chi connectivity index (χ3n) is 1.35. The standard InChI is InChI=1S/C7H8N2O3S/c8-6(10)4-1-5(13-3-4)2-9-7(11)12/h1,3,9H,2H2,(H2,8,10)(H,11,12). The number of carbonyl (C=O) groups excluding carboxylic acids is 1. The van der Waals surface area contributed by atoms with Crippen LogP contribution in [0.2, 0.25) is 0 Å². The molecular formula is C7H8N2O3S. The lowest BCUT2D eigenvalue weighted by atomic mass is 10.3. The first-order valence-corrected chi connectivity index (χ1v) is 4.31. The van der Waals surface area contributed by atoms with E-state index < -0.39 is 12.0 Å². The van der Waals surface area contributed by atoms with Crippen LogP contribution in [0.15, 0.2) is 11.4 Å². The quantitative estimate of drug-likeness (QED) is 0.667. The maximum atomic E-state index is 10.6. The maximum Gasteiger partial charge on any atom is 0.404 e. The van der Waals surface area contributed by atoms with Gasteiger partial charge < -0.3 is 16.2 Å². The molecule has 4 N–H and O–H groups in total. The summed E-state index contributed by atoms with van der Waals surface area (Å²) in [6, 6.07) is 1.57. The number of carboxylic acid groups (broad SMARTS) is 1. The maximum absolute atomic E-state index is 10.6. The molecule has 1 aromatic heterocycles. The number of nitrogens with one attached hydrogen (secondary N) is 1. The Kier molecular flexibility index (Phi) is 2.86. The average molecular weight is 200 g/mol. The molecular weight excluding hydrogens is 192 g/mol. The second-order valence-corrected chi connectivity index (χ2v) is 3.32. The fraction of sp³-hybridized carbons (Fsp3) is 0.143. The monoisotopic (exact) mass is 200 g/mol. The molecule has 0 radical (unpaired) electrons. The van der Waals surface area contributed by atoms with Crippen molar-refractivity contribution in [3.8, 4) is 0 Å². The molecule has 0 saturated carbocycles. The smallest absolute Gasteiger partial charge is 0.404 e. The van der Waals surface area contributed by atoms with Crippen LogP contribution in [0.25, 0.3) is 0 Å². The van der Waals surface area contributed by atoms with E-state index in [0.717, 1.165) is 4.88 Å². The predicted molar refractivity (Wildman–Crippen MR) is 47.7 cm³/mol. The molecule has 1 rings (SSSR count). The van der Waals surface area contributed by atoms with Crippen LogP contribution in [0, 0.1) is 0 Å². The summed E-state index contributed by atoms with van der Waals surface area (Å²) in [5, 5.41) is 12.1. The highest BCUT2D eigenvalue weighted by Crippen LogP contribution is 2.13. The Morgan fingerprint density at radius 3 is 2.77 bits per heavy atom. The molecule has 6 heteroatoms. The van der Waals surface area contributed by atoms with E-state index >= 15 is 0 Å². The Morgan fingerprint density at radius 1 is 1.62 bits per heavy atom. The fourth-order valence-corrected chi connectivity index (χ4v) is 1.58. The number of rotatable bonds is 3. The van der Waals surface area contributed by atoms with Crippen LogP contribution >= 0.6 is 11.3 Å². The average Bonchev–Trinajstić information content (AvgIpc) is 2.48. The van der Waals surface area contributed by atoms with Crippen molar-refractivity contribution in [3.05, 3.63) is 21.9 Å². The highest BCUT2D eigenvalue weighted by Gasteiger charge is 2.04. The molecule has 0 fully saturated rings. The minimum atomic E-state index is -1.09. The van der Waals surface area contributed by atoms with Gasteiger partial charge in [-0.15, -0.1) is 11.3 Å². The highest BCUT2D eigenvalue weighted by atomic mass is 32.1. The van der Waals surface area contributed by atoms with E-state index in [2.05, 4.69) is 5.32 Å². The first-order chi connectivity index (χ1) is 6.09. The molecule has 1 heterocycles. The first kappa shape index (κ1) is 9.53. The predicted octanol–water partition coefficient (Wildman–Crippen LogP) is 0.615. The summed E-state index contributed by atoms with van der Waals surface area (Å²) in [7, 11) is 0. The lowest BCUT2D eigenvalue weighted by Crippen LogP contribution is -2.19. The summed E-state index contributed by atoms with van der Waals surface area (Å²) >= 11 is 1.29. The van der Waals surface area contributed by atoms with E-state index in [-0.39, 0.29) is 6.54 Å². The molecule has 0 bridgehead atoms. The summed E-state index contributed by atoms with van der Waals surface area (Å²) in [5.74, 6) is -0.502. The van der Waals surface area contributed by atoms with Gasteiger partial charge in [0.05, 0.1) is 12.1 Å². The molecule has 0 aliphatic carbocycles. The van der Waals surface area contributed by atoms with Crippen LogP contribution in [0.3, 0.4) is 0 Å². The van der Waals surface area contributed by atoms with Crippen LogP contribution in [-0.4, -0.2) is 17.1 Å². The second-order valence-electron chi connectivity index (χ2n) is 2.32. The Hall–Kier alpha value is -1.56. The summed E-state index contributed by atoms with van der Waals surface area (Å²) in [4.78, 5) is 21.5. The lowest BCUT2D eigenvalue weighted by Gasteiger charge is -1.95. The van der Waals surface area contributed by atoms with Gasteiger partial charge >= 0.3 is 6.09 Å². The molecule has 1 aromatic rings. The molecule has 5 nitrogen and oxygen atoms in total.